The van der Waals surface area contributed by atoms with Crippen LogP contribution in [-0.2, 0) is 70.4 Å². The first-order valence-corrected chi connectivity index (χ1v) is 47.9. The summed E-state index contributed by atoms with van der Waals surface area (Å²) in [5.41, 5.74) is 15.7. The second-order valence-corrected chi connectivity index (χ2v) is 35.9. The molecular formula is C107H115FN12O22S2. The van der Waals surface area contributed by atoms with E-state index in [1.807, 2.05) is 82.9 Å². The number of amides is 10. The van der Waals surface area contributed by atoms with Crippen molar-refractivity contribution in [1.29, 1.82) is 0 Å². The number of imide groups is 4. The van der Waals surface area contributed by atoms with Gasteiger partial charge in [-0.25, -0.2) is 19.9 Å². The van der Waals surface area contributed by atoms with Gasteiger partial charge in [0.25, 0.3) is 29.5 Å². The summed E-state index contributed by atoms with van der Waals surface area (Å²) in [6.45, 7) is 15.2. The topological polar surface area (TPSA) is 435 Å². The number of nitrogens with one attached hydrogen (secondary N) is 1. The van der Waals surface area contributed by atoms with Crippen LogP contribution in [-0.4, -0.2) is 270 Å². The molecule has 6 aliphatic rings. The number of thiazole rings is 2. The molecule has 0 radical (unpaired) electrons. The number of nitrogens with two attached hydrogens (primary N) is 2. The minimum atomic E-state index is -1.08. The average molecular weight is 2010 g/mol. The fourth-order valence-corrected chi connectivity index (χ4v) is 17.5. The number of terminal acetylenes is 3. The summed E-state index contributed by atoms with van der Waals surface area (Å²) < 4.78 is 72.8. The molecule has 34 nitrogen and oxygen atoms in total. The Morgan fingerprint density at radius 1 is 0.500 bits per heavy atom. The molecule has 0 bridgehead atoms. The third kappa shape index (κ3) is 32.9. The molecule has 4 saturated heterocycles. The van der Waals surface area contributed by atoms with Crippen LogP contribution >= 0.6 is 22.7 Å². The van der Waals surface area contributed by atoms with Gasteiger partial charge >= 0.3 is 0 Å². The minimum Gasteiger partial charge on any atom is -0.490 e. The number of benzene rings is 4. The smallest absolute Gasteiger partial charge is 0.266 e. The lowest BCUT2D eigenvalue weighted by Gasteiger charge is -2.32. The number of halogens is 1. The Kier molecular flexibility index (Phi) is 42.8. The summed E-state index contributed by atoms with van der Waals surface area (Å²) in [7, 11) is 0.346. The van der Waals surface area contributed by atoms with E-state index in [0.717, 1.165) is 93.5 Å². The summed E-state index contributed by atoms with van der Waals surface area (Å²) in [4.78, 5) is 154. The number of hydrogen-bond acceptors (Lipinski definition) is 30. The molecule has 8 aromatic rings. The van der Waals surface area contributed by atoms with E-state index in [0.29, 0.717) is 104 Å². The first-order valence-electron chi connectivity index (χ1n) is 47.0. The maximum Gasteiger partial charge on any atom is 0.266 e. The highest BCUT2D eigenvalue weighted by molar-refractivity contribution is 7.15. The van der Waals surface area contributed by atoms with Gasteiger partial charge in [-0.2, -0.15) is 0 Å². The average Bonchev–Trinajstić information content (AvgIpc) is 1.60. The van der Waals surface area contributed by atoms with Gasteiger partial charge in [0.1, 0.15) is 61.2 Å². The van der Waals surface area contributed by atoms with Crippen LogP contribution in [0.1, 0.15) is 186 Å². The fraction of sp³-hybridized carbons (Fsp3) is 0.402. The Morgan fingerprint density at radius 3 is 1.28 bits per heavy atom. The molecule has 10 heterocycles. The molecule has 2 unspecified atom stereocenters. The van der Waals surface area contributed by atoms with Crippen molar-refractivity contribution in [2.75, 3.05) is 144 Å². The first kappa shape index (κ1) is 110. The molecule has 0 aliphatic carbocycles. The van der Waals surface area contributed by atoms with Gasteiger partial charge in [-0.3, -0.25) is 72.4 Å². The Bertz CT molecular complexity index is 6290. The van der Waals surface area contributed by atoms with Crippen LogP contribution in [0.25, 0.3) is 20.9 Å². The molecule has 4 aromatic carbocycles. The molecule has 144 heavy (non-hydrogen) atoms. The SMILES string of the molecule is C#CC#CC.C#CC#CC#C.CC(C)(O)C#Cc1cccc(COc2cc(-c3cnc(C4CCN(C(=O)CCOCCOCCOCCOc5cccc6c5C(=O)N(C5CCC(=O)NC5=O)C6=O)CC4)s3)cnc2N)c1.CN1C(=O)CCC(N2C(=O)c3cccc(OCCOCCOCCOCCC(=O)N4CCC(c5ncc(-c6cnc(N)c(OCc7cccc(C#CC(C)(C)O)c7)c6)s5)CC4)c3C2=O)C1=O.[2H]CF. The highest BCUT2D eigenvalue weighted by Crippen LogP contribution is 2.41. The summed E-state index contributed by atoms with van der Waals surface area (Å²) >= 11 is 3.22. The minimum absolute atomic E-state index is 0.0382. The van der Waals surface area contributed by atoms with E-state index in [-0.39, 0.29) is 153 Å². The number of likely N-dealkylation sites (tertiary alicyclic amines) is 3. The lowest BCUT2D eigenvalue weighted by molar-refractivity contribution is -0.150. The van der Waals surface area contributed by atoms with Crippen molar-refractivity contribution in [2.24, 2.45) is 0 Å². The monoisotopic (exact) mass is 2000 g/mol. The predicted octanol–water partition coefficient (Wildman–Crippen LogP) is 10.1. The molecule has 10 amide bonds. The van der Waals surface area contributed by atoms with Gasteiger partial charge < -0.3 is 78.8 Å². The number of alkyl halides is 1. The first-order chi connectivity index (χ1) is 69.9. The van der Waals surface area contributed by atoms with Crippen molar-refractivity contribution < 1.29 is 111 Å². The molecule has 2 atom stereocenters. The standard InChI is InChI=1S/C48H54N6O11S.C47H52N6O11S.C6H2.C5H4.CH3F/c1-48(2,60)16-12-31-6-4-7-32(26-31)30-65-38-27-34(28-50-43(38)49)39-29-51-44(66-39)33-13-17-53(18-14-33)41(56)15-19-61-20-21-62-22-23-63-24-25-64-37-9-5-8-35-42(37)47(59)54(45(35)57)36-10-11-40(55)52(3)46(36)58;1-47(2,59)15-11-30-5-3-6-31(25-30)29-64-37-26-33(27-49-42(37)48)38-28-50-44(65-38)32-12-16-52(17-13-32)40(55)14-18-60-19-20-61-21-22-62-23-24-63-36-8-4-7-34-41(36)46(58)53(45(34)57)35-9-10-39(54)51-43(35)56;1-3-5-6-4-2;1-3-5-4-2;1-2/h4-9,26-29,33,36,60H,10-11,13-15,17-25,30H2,1-3H3,(H2,49,50);3-8,25-28,32,35,59H,9-10,12-14,16-24,29H2,1-2H3,(H2,48,49)(H,51,54,56);1-2H;1H,2H3;1H3/i;;;;1D. The van der Waals surface area contributed by atoms with Crippen molar-refractivity contribution in [3.05, 3.63) is 176 Å². The number of nitrogen functional groups attached to an aromatic ring is 2. The number of anilines is 2. The van der Waals surface area contributed by atoms with E-state index in [1.165, 1.54) is 19.2 Å². The molecule has 6 aliphatic heterocycles. The number of rotatable bonds is 38. The zero-order valence-electron chi connectivity index (χ0n) is 81.9. The van der Waals surface area contributed by atoms with Crippen molar-refractivity contribution in [1.82, 2.24) is 49.8 Å². The van der Waals surface area contributed by atoms with Gasteiger partial charge in [0.05, 0.1) is 143 Å². The number of hydrogen-bond donors (Lipinski definition) is 5. The number of carbonyl (C=O) groups is 10. The second-order valence-electron chi connectivity index (χ2n) is 33.8. The maximum absolute atomic E-state index is 13.3. The quantitative estimate of drug-likeness (QED) is 0.0136. The number of nitrogens with zero attached hydrogens (tertiary/aromatic N) is 9. The number of aromatic nitrogens is 4. The van der Waals surface area contributed by atoms with Crippen molar-refractivity contribution in [3.8, 4) is 128 Å². The number of piperidine rings is 4. The van der Waals surface area contributed by atoms with Gasteiger partial charge in [-0.15, -0.1) is 41.9 Å². The molecule has 7 N–H and O–H groups in total. The van der Waals surface area contributed by atoms with Gasteiger partial charge in [0.2, 0.25) is 29.5 Å². The van der Waals surface area contributed by atoms with Crippen molar-refractivity contribution in [3.63, 3.8) is 0 Å². The Hall–Kier alpha value is -14.7. The van der Waals surface area contributed by atoms with Gasteiger partial charge in [-0.05, 0) is 180 Å². The third-order valence-electron chi connectivity index (χ3n) is 22.5. The highest BCUT2D eigenvalue weighted by Gasteiger charge is 2.49. The largest absolute Gasteiger partial charge is 0.490 e. The Morgan fingerprint density at radius 2 is 0.889 bits per heavy atom. The van der Waals surface area contributed by atoms with E-state index in [1.54, 1.807) is 94.0 Å². The number of fused-ring (bicyclic) bond motifs is 2. The summed E-state index contributed by atoms with van der Waals surface area (Å²) in [5.74, 6) is 25.3. The van der Waals surface area contributed by atoms with E-state index in [4.69, 9.17) is 89.4 Å². The van der Waals surface area contributed by atoms with Gasteiger partial charge in [0, 0.05) is 105 Å². The molecular weight excluding hydrogens is 1890 g/mol. The van der Waals surface area contributed by atoms with Crippen molar-refractivity contribution >= 4 is 93.4 Å². The molecule has 4 aromatic heterocycles. The van der Waals surface area contributed by atoms with E-state index in [9.17, 15) is 62.5 Å². The van der Waals surface area contributed by atoms with E-state index >= 15 is 0 Å². The number of likely N-dealkylation sites (N-methyl/N-ethyl adjacent to an activating group) is 1. The third-order valence-corrected chi connectivity index (χ3v) is 24.9. The molecule has 0 saturated carbocycles. The van der Waals surface area contributed by atoms with Gasteiger partial charge in [0.15, 0.2) is 23.1 Å². The van der Waals surface area contributed by atoms with Crippen LogP contribution < -0.4 is 35.7 Å². The van der Waals surface area contributed by atoms with Crippen LogP contribution in [0.2, 0.25) is 0 Å². The highest BCUT2D eigenvalue weighted by atomic mass is 32.1. The predicted molar refractivity (Wildman–Crippen MR) is 535 cm³/mol. The Balaban J connectivity index is 0.000000263. The molecule has 754 valence electrons. The lowest BCUT2D eigenvalue weighted by Crippen LogP contribution is -2.54. The zero-order chi connectivity index (χ0) is 104. The van der Waals surface area contributed by atoms with E-state index in [2.05, 4.69) is 80.4 Å². The summed E-state index contributed by atoms with van der Waals surface area (Å²) in [6.07, 6.45) is 25.3. The van der Waals surface area contributed by atoms with Crippen molar-refractivity contribution in [2.45, 2.75) is 147 Å². The number of aliphatic hydroxyl groups is 2. The summed E-state index contributed by atoms with van der Waals surface area (Å²) in [5, 5.41) is 24.1. The number of pyridine rings is 2. The van der Waals surface area contributed by atoms with Crippen LogP contribution in [0.4, 0.5) is 16.0 Å². The zero-order valence-corrected chi connectivity index (χ0v) is 82.6. The fourth-order valence-electron chi connectivity index (χ4n) is 15.3. The Labute approximate surface area is 845 Å². The van der Waals surface area contributed by atoms with Crippen LogP contribution in [0.15, 0.2) is 122 Å². The van der Waals surface area contributed by atoms with Gasteiger partial charge in [-0.1, -0.05) is 66.0 Å². The van der Waals surface area contributed by atoms with Crippen LogP contribution in [0, 0.1) is 84.4 Å². The van der Waals surface area contributed by atoms with Crippen LogP contribution in [0.5, 0.6) is 23.0 Å². The van der Waals surface area contributed by atoms with Crippen LogP contribution in [0.3, 0.4) is 0 Å². The summed E-state index contributed by atoms with van der Waals surface area (Å²) in [6, 6.07) is 26.3. The number of carbonyl (C=O) groups excluding carboxylic acids is 10. The lowest BCUT2D eigenvalue weighted by atomic mass is 9.97. The van der Waals surface area contributed by atoms with E-state index < -0.39 is 71.8 Å². The number of ether oxygens (including phenoxy) is 10. The molecule has 37 heteroatoms. The second kappa shape index (κ2) is 56.2. The molecule has 0 spiro atoms. The molecule has 14 rings (SSSR count). The molecule has 4 fully saturated rings. The normalized spacial score (nSPS) is 15.5. The maximum atomic E-state index is 13.3.